The highest BCUT2D eigenvalue weighted by atomic mass is 19.4. The van der Waals surface area contributed by atoms with Gasteiger partial charge in [0.2, 0.25) is 0 Å². The van der Waals surface area contributed by atoms with Crippen LogP contribution in [0.25, 0.3) is 0 Å². The van der Waals surface area contributed by atoms with Crippen molar-refractivity contribution >= 4 is 0 Å². The Bertz CT molecular complexity index is 415. The fraction of sp³-hybridized carbons (Fsp3) is 0.500. The van der Waals surface area contributed by atoms with E-state index in [1.807, 2.05) is 0 Å². The molecule has 0 atom stereocenters. The molecule has 0 saturated heterocycles. The standard InChI is InChI=1S/C12H13F6NO/c13-11(14,15)8-20-6-5-19-7-9-3-1-2-4-10(9)12(16,17)18/h1-4,19H,5-8H2. The van der Waals surface area contributed by atoms with Crippen LogP contribution in [0.3, 0.4) is 0 Å². The third-order valence-electron chi connectivity index (χ3n) is 2.33. The molecule has 0 heterocycles. The van der Waals surface area contributed by atoms with Gasteiger partial charge in [0.1, 0.15) is 6.61 Å². The molecule has 0 aliphatic heterocycles. The summed E-state index contributed by atoms with van der Waals surface area (Å²) in [4.78, 5) is 0. The normalized spacial score (nSPS) is 12.7. The third kappa shape index (κ3) is 6.25. The van der Waals surface area contributed by atoms with Gasteiger partial charge in [-0.15, -0.1) is 0 Å². The van der Waals surface area contributed by atoms with E-state index in [1.165, 1.54) is 18.2 Å². The summed E-state index contributed by atoms with van der Waals surface area (Å²) in [5, 5.41) is 2.61. The highest BCUT2D eigenvalue weighted by Gasteiger charge is 2.32. The van der Waals surface area contributed by atoms with Gasteiger partial charge in [-0.05, 0) is 11.6 Å². The summed E-state index contributed by atoms with van der Waals surface area (Å²) < 4.78 is 77.5. The Morgan fingerprint density at radius 2 is 1.65 bits per heavy atom. The van der Waals surface area contributed by atoms with Crippen LogP contribution in [0.15, 0.2) is 24.3 Å². The van der Waals surface area contributed by atoms with Crippen molar-refractivity contribution in [1.82, 2.24) is 5.32 Å². The van der Waals surface area contributed by atoms with Crippen LogP contribution in [0.1, 0.15) is 11.1 Å². The minimum absolute atomic E-state index is 0.0300. The van der Waals surface area contributed by atoms with E-state index in [1.54, 1.807) is 0 Å². The molecule has 0 aliphatic rings. The van der Waals surface area contributed by atoms with Crippen LogP contribution in [0.2, 0.25) is 0 Å². The van der Waals surface area contributed by atoms with Crippen molar-refractivity contribution in [2.24, 2.45) is 0 Å². The minimum Gasteiger partial charge on any atom is -0.371 e. The van der Waals surface area contributed by atoms with Gasteiger partial charge >= 0.3 is 12.4 Å². The minimum atomic E-state index is -4.45. The van der Waals surface area contributed by atoms with Gasteiger partial charge in [-0.25, -0.2) is 0 Å². The van der Waals surface area contributed by atoms with E-state index in [2.05, 4.69) is 10.1 Å². The van der Waals surface area contributed by atoms with Crippen molar-refractivity contribution in [2.75, 3.05) is 19.8 Å². The zero-order chi connectivity index (χ0) is 15.2. The summed E-state index contributed by atoms with van der Waals surface area (Å²) in [7, 11) is 0. The van der Waals surface area contributed by atoms with Crippen molar-refractivity contribution in [3.8, 4) is 0 Å². The molecule has 0 spiro atoms. The Balaban J connectivity index is 2.36. The van der Waals surface area contributed by atoms with E-state index in [4.69, 9.17) is 0 Å². The van der Waals surface area contributed by atoms with E-state index >= 15 is 0 Å². The zero-order valence-electron chi connectivity index (χ0n) is 10.3. The lowest BCUT2D eigenvalue weighted by molar-refractivity contribution is -0.173. The van der Waals surface area contributed by atoms with E-state index in [0.717, 1.165) is 6.07 Å². The number of halogens is 6. The summed E-state index contributed by atoms with van der Waals surface area (Å²) in [6.07, 6.45) is -8.85. The lowest BCUT2D eigenvalue weighted by Gasteiger charge is -2.13. The lowest BCUT2D eigenvalue weighted by Crippen LogP contribution is -2.24. The third-order valence-corrected chi connectivity index (χ3v) is 2.33. The molecule has 8 heteroatoms. The Hall–Kier alpha value is -1.28. The molecule has 1 aromatic carbocycles. The van der Waals surface area contributed by atoms with Crippen molar-refractivity contribution in [2.45, 2.75) is 18.9 Å². The number of ether oxygens (including phenoxy) is 1. The molecule has 0 aromatic heterocycles. The molecule has 1 N–H and O–H groups in total. The van der Waals surface area contributed by atoms with Crippen LogP contribution in [-0.4, -0.2) is 25.9 Å². The maximum atomic E-state index is 12.6. The van der Waals surface area contributed by atoms with Crippen LogP contribution < -0.4 is 5.32 Å². The number of rotatable bonds is 6. The molecular formula is C12H13F6NO. The average Bonchev–Trinajstić information content (AvgIpc) is 2.31. The Morgan fingerprint density at radius 1 is 1.00 bits per heavy atom. The predicted octanol–water partition coefficient (Wildman–Crippen LogP) is 3.37. The molecular weight excluding hydrogens is 288 g/mol. The molecule has 2 nitrogen and oxygen atoms in total. The monoisotopic (exact) mass is 301 g/mol. The van der Waals surface area contributed by atoms with E-state index < -0.39 is 24.5 Å². The molecule has 0 unspecified atom stereocenters. The number of benzene rings is 1. The average molecular weight is 301 g/mol. The van der Waals surface area contributed by atoms with E-state index in [9.17, 15) is 26.3 Å². The van der Waals surface area contributed by atoms with Crippen LogP contribution in [0.4, 0.5) is 26.3 Å². The summed E-state index contributed by atoms with van der Waals surface area (Å²) in [5.41, 5.74) is -0.723. The van der Waals surface area contributed by atoms with Gasteiger partial charge in [0.25, 0.3) is 0 Å². The molecule has 114 valence electrons. The van der Waals surface area contributed by atoms with Crippen LogP contribution in [0, 0.1) is 0 Å². The SMILES string of the molecule is FC(F)(F)COCCNCc1ccccc1C(F)(F)F. The van der Waals surface area contributed by atoms with Crippen molar-refractivity contribution < 1.29 is 31.1 Å². The first-order valence-electron chi connectivity index (χ1n) is 5.70. The molecule has 1 aromatic rings. The van der Waals surface area contributed by atoms with Crippen molar-refractivity contribution in [1.29, 1.82) is 0 Å². The summed E-state index contributed by atoms with van der Waals surface area (Å²) in [6.45, 7) is -1.66. The fourth-order valence-electron chi connectivity index (χ4n) is 1.51. The first-order valence-corrected chi connectivity index (χ1v) is 5.70. The van der Waals surface area contributed by atoms with Crippen molar-refractivity contribution in [3.63, 3.8) is 0 Å². The highest BCUT2D eigenvalue weighted by Crippen LogP contribution is 2.31. The van der Waals surface area contributed by atoms with Crippen LogP contribution in [0.5, 0.6) is 0 Å². The number of nitrogens with one attached hydrogen (secondary N) is 1. The second-order valence-electron chi connectivity index (χ2n) is 4.00. The van der Waals surface area contributed by atoms with Gasteiger partial charge in [-0.3, -0.25) is 0 Å². The fourth-order valence-corrected chi connectivity index (χ4v) is 1.51. The van der Waals surface area contributed by atoms with E-state index in [-0.39, 0.29) is 25.3 Å². The molecule has 0 fully saturated rings. The number of alkyl halides is 6. The van der Waals surface area contributed by atoms with Gasteiger partial charge in [0.05, 0.1) is 12.2 Å². The second-order valence-corrected chi connectivity index (χ2v) is 4.00. The smallest absolute Gasteiger partial charge is 0.371 e. The summed E-state index contributed by atoms with van der Waals surface area (Å²) in [5.74, 6) is 0. The van der Waals surface area contributed by atoms with Crippen LogP contribution >= 0.6 is 0 Å². The lowest BCUT2D eigenvalue weighted by atomic mass is 10.1. The largest absolute Gasteiger partial charge is 0.416 e. The van der Waals surface area contributed by atoms with Gasteiger partial charge in [-0.1, -0.05) is 18.2 Å². The second kappa shape index (κ2) is 6.94. The molecule has 1 rings (SSSR count). The topological polar surface area (TPSA) is 21.3 Å². The van der Waals surface area contributed by atoms with Crippen LogP contribution in [-0.2, 0) is 17.5 Å². The van der Waals surface area contributed by atoms with Gasteiger partial charge in [0.15, 0.2) is 0 Å². The van der Waals surface area contributed by atoms with Gasteiger partial charge < -0.3 is 10.1 Å². The van der Waals surface area contributed by atoms with Crippen molar-refractivity contribution in [3.05, 3.63) is 35.4 Å². The first kappa shape index (κ1) is 16.8. The molecule has 0 saturated carbocycles. The first-order chi connectivity index (χ1) is 9.20. The molecule has 0 aliphatic carbocycles. The Kier molecular flexibility index (Phi) is 5.82. The maximum absolute atomic E-state index is 12.6. The Labute approximate surface area is 111 Å². The molecule has 20 heavy (non-hydrogen) atoms. The quantitative estimate of drug-likeness (QED) is 0.642. The number of hydrogen-bond acceptors (Lipinski definition) is 2. The van der Waals surface area contributed by atoms with Gasteiger partial charge in [-0.2, -0.15) is 26.3 Å². The maximum Gasteiger partial charge on any atom is 0.416 e. The van der Waals surface area contributed by atoms with Gasteiger partial charge in [0, 0.05) is 13.1 Å². The predicted molar refractivity (Wildman–Crippen MR) is 60.0 cm³/mol. The molecule has 0 bridgehead atoms. The summed E-state index contributed by atoms with van der Waals surface area (Å²) in [6, 6.07) is 5.01. The summed E-state index contributed by atoms with van der Waals surface area (Å²) >= 11 is 0. The highest BCUT2D eigenvalue weighted by molar-refractivity contribution is 5.29. The van der Waals surface area contributed by atoms with E-state index in [0.29, 0.717) is 0 Å². The number of hydrogen-bond donors (Lipinski definition) is 1. The zero-order valence-corrected chi connectivity index (χ0v) is 10.3. The Morgan fingerprint density at radius 3 is 2.25 bits per heavy atom. The molecule has 0 amide bonds. The molecule has 0 radical (unpaired) electrons.